The predicted octanol–water partition coefficient (Wildman–Crippen LogP) is 1.64. The topological polar surface area (TPSA) is 82.8 Å². The van der Waals surface area contributed by atoms with Crippen LogP contribution in [0.3, 0.4) is 0 Å². The largest absolute Gasteiger partial charge is 0.334 e. The fourth-order valence-corrected chi connectivity index (χ4v) is 2.04. The third-order valence-electron chi connectivity index (χ3n) is 3.05. The zero-order valence-electron chi connectivity index (χ0n) is 11.2. The van der Waals surface area contributed by atoms with Crippen LogP contribution in [0.2, 0.25) is 0 Å². The van der Waals surface area contributed by atoms with Gasteiger partial charge in [0.2, 0.25) is 5.82 Å². The molecule has 1 aromatic carbocycles. The normalized spacial score (nSPS) is 10.9. The van der Waals surface area contributed by atoms with E-state index in [2.05, 4.69) is 15.1 Å². The summed E-state index contributed by atoms with van der Waals surface area (Å²) < 4.78 is 7.16. The van der Waals surface area contributed by atoms with Crippen molar-refractivity contribution in [3.8, 4) is 23.1 Å². The summed E-state index contributed by atoms with van der Waals surface area (Å²) in [7, 11) is 1.89. The molecule has 0 aliphatic heterocycles. The summed E-state index contributed by atoms with van der Waals surface area (Å²) in [5, 5.41) is 3.98. The van der Waals surface area contributed by atoms with E-state index >= 15 is 0 Å². The first-order valence-corrected chi connectivity index (χ1v) is 6.38. The highest BCUT2D eigenvalue weighted by Crippen LogP contribution is 2.21. The third-order valence-corrected chi connectivity index (χ3v) is 3.05. The molecule has 0 fully saturated rings. The maximum absolute atomic E-state index is 5.57. The Morgan fingerprint density at radius 3 is 3.00 bits per heavy atom. The van der Waals surface area contributed by atoms with E-state index in [1.165, 1.54) is 0 Å². The van der Waals surface area contributed by atoms with Gasteiger partial charge < -0.3 is 14.8 Å². The van der Waals surface area contributed by atoms with Crippen LogP contribution in [0.15, 0.2) is 41.2 Å². The first kappa shape index (κ1) is 12.6. The van der Waals surface area contributed by atoms with Crippen molar-refractivity contribution in [2.24, 2.45) is 12.8 Å². The molecule has 2 heterocycles. The molecule has 0 bridgehead atoms. The molecule has 0 aliphatic rings. The van der Waals surface area contributed by atoms with E-state index < -0.39 is 0 Å². The van der Waals surface area contributed by atoms with Gasteiger partial charge in [-0.2, -0.15) is 4.98 Å². The number of aromatic nitrogens is 4. The Bertz CT molecular complexity index is 716. The zero-order valence-corrected chi connectivity index (χ0v) is 11.2. The zero-order chi connectivity index (χ0) is 13.9. The summed E-state index contributed by atoms with van der Waals surface area (Å²) >= 11 is 0. The van der Waals surface area contributed by atoms with Gasteiger partial charge in [-0.15, -0.1) is 0 Å². The molecular weight excluding hydrogens is 254 g/mol. The SMILES string of the molecule is Cn1ccnc1-c1noc(-c2cccc(CCN)c2)n1. The number of aryl methyl sites for hydroxylation is 1. The van der Waals surface area contributed by atoms with Crippen LogP contribution in [0.4, 0.5) is 0 Å². The molecule has 0 atom stereocenters. The quantitative estimate of drug-likeness (QED) is 0.778. The molecule has 3 aromatic rings. The molecule has 0 aliphatic carbocycles. The lowest BCUT2D eigenvalue weighted by Crippen LogP contribution is -2.02. The summed E-state index contributed by atoms with van der Waals surface area (Å²) in [5.74, 6) is 1.65. The average molecular weight is 269 g/mol. The Labute approximate surface area is 116 Å². The molecule has 0 unspecified atom stereocenters. The van der Waals surface area contributed by atoms with E-state index in [-0.39, 0.29) is 0 Å². The Kier molecular flexibility index (Phi) is 3.30. The molecule has 0 saturated carbocycles. The first-order valence-electron chi connectivity index (χ1n) is 6.38. The lowest BCUT2D eigenvalue weighted by Gasteiger charge is -2.00. The lowest BCUT2D eigenvalue weighted by atomic mass is 10.1. The van der Waals surface area contributed by atoms with Crippen molar-refractivity contribution in [3.05, 3.63) is 42.2 Å². The molecule has 20 heavy (non-hydrogen) atoms. The van der Waals surface area contributed by atoms with Crippen LogP contribution in [0.1, 0.15) is 5.56 Å². The van der Waals surface area contributed by atoms with Gasteiger partial charge in [-0.1, -0.05) is 17.3 Å². The van der Waals surface area contributed by atoms with Crippen LogP contribution in [-0.2, 0) is 13.5 Å². The standard InChI is InChI=1S/C14H15N5O/c1-19-8-7-16-13(19)12-17-14(20-18-12)11-4-2-3-10(9-11)5-6-15/h2-4,7-9H,5-6,15H2,1H3. The Hall–Kier alpha value is -2.47. The van der Waals surface area contributed by atoms with E-state index in [0.717, 1.165) is 17.5 Å². The number of nitrogens with zero attached hydrogens (tertiary/aromatic N) is 4. The van der Waals surface area contributed by atoms with Crippen molar-refractivity contribution in [1.82, 2.24) is 19.7 Å². The summed E-state index contributed by atoms with van der Waals surface area (Å²) in [6.07, 6.45) is 4.37. The number of imidazole rings is 1. The minimum atomic E-state index is 0.483. The molecule has 6 heteroatoms. The number of hydrogen-bond donors (Lipinski definition) is 1. The van der Waals surface area contributed by atoms with Gasteiger partial charge in [0, 0.05) is 25.0 Å². The Morgan fingerprint density at radius 2 is 2.25 bits per heavy atom. The molecule has 6 nitrogen and oxygen atoms in total. The summed E-state index contributed by atoms with van der Waals surface area (Å²) in [5.41, 5.74) is 7.62. The van der Waals surface area contributed by atoms with Gasteiger partial charge in [-0.3, -0.25) is 0 Å². The molecule has 2 N–H and O–H groups in total. The second-order valence-electron chi connectivity index (χ2n) is 4.52. The van der Waals surface area contributed by atoms with E-state index in [1.807, 2.05) is 42.1 Å². The van der Waals surface area contributed by atoms with Crippen molar-refractivity contribution in [2.75, 3.05) is 6.54 Å². The van der Waals surface area contributed by atoms with Crippen LogP contribution < -0.4 is 5.73 Å². The van der Waals surface area contributed by atoms with Gasteiger partial charge in [0.05, 0.1) is 0 Å². The van der Waals surface area contributed by atoms with Crippen molar-refractivity contribution < 1.29 is 4.52 Å². The van der Waals surface area contributed by atoms with E-state index in [9.17, 15) is 0 Å². The van der Waals surface area contributed by atoms with Gasteiger partial charge in [-0.05, 0) is 30.7 Å². The molecule has 3 rings (SSSR count). The summed E-state index contributed by atoms with van der Waals surface area (Å²) in [6.45, 7) is 0.617. The van der Waals surface area contributed by atoms with Crippen LogP contribution in [0.5, 0.6) is 0 Å². The van der Waals surface area contributed by atoms with Crippen molar-refractivity contribution >= 4 is 0 Å². The van der Waals surface area contributed by atoms with Gasteiger partial charge in [-0.25, -0.2) is 4.98 Å². The Morgan fingerprint density at radius 1 is 1.35 bits per heavy atom. The maximum atomic E-state index is 5.57. The summed E-state index contributed by atoms with van der Waals surface area (Å²) in [4.78, 5) is 8.59. The number of rotatable bonds is 4. The predicted molar refractivity (Wildman–Crippen MR) is 74.7 cm³/mol. The third kappa shape index (κ3) is 2.33. The van der Waals surface area contributed by atoms with Crippen molar-refractivity contribution in [1.29, 1.82) is 0 Å². The van der Waals surface area contributed by atoms with Crippen LogP contribution in [0.25, 0.3) is 23.1 Å². The fourth-order valence-electron chi connectivity index (χ4n) is 2.04. The fraction of sp³-hybridized carbons (Fsp3) is 0.214. The maximum Gasteiger partial charge on any atom is 0.258 e. The van der Waals surface area contributed by atoms with Gasteiger partial charge in [0.1, 0.15) is 0 Å². The van der Waals surface area contributed by atoms with E-state index in [0.29, 0.717) is 24.1 Å². The van der Waals surface area contributed by atoms with Gasteiger partial charge >= 0.3 is 0 Å². The number of hydrogen-bond acceptors (Lipinski definition) is 5. The second kappa shape index (κ2) is 5.26. The molecule has 0 radical (unpaired) electrons. The van der Waals surface area contributed by atoms with E-state index in [4.69, 9.17) is 10.3 Å². The first-order chi connectivity index (χ1) is 9.78. The van der Waals surface area contributed by atoms with Crippen molar-refractivity contribution in [2.45, 2.75) is 6.42 Å². The smallest absolute Gasteiger partial charge is 0.258 e. The minimum Gasteiger partial charge on any atom is -0.334 e. The summed E-state index contributed by atoms with van der Waals surface area (Å²) in [6, 6.07) is 7.95. The van der Waals surface area contributed by atoms with Gasteiger partial charge in [0.25, 0.3) is 5.89 Å². The lowest BCUT2D eigenvalue weighted by molar-refractivity contribution is 0.431. The highest BCUT2D eigenvalue weighted by Gasteiger charge is 2.13. The average Bonchev–Trinajstić information content (AvgIpc) is 3.08. The van der Waals surface area contributed by atoms with Crippen LogP contribution in [-0.4, -0.2) is 26.2 Å². The Balaban J connectivity index is 1.94. The molecule has 102 valence electrons. The number of nitrogens with two attached hydrogens (primary N) is 1. The van der Waals surface area contributed by atoms with Gasteiger partial charge in [0.15, 0.2) is 5.82 Å². The molecule has 0 amide bonds. The molecule has 0 spiro atoms. The van der Waals surface area contributed by atoms with Crippen LogP contribution >= 0.6 is 0 Å². The van der Waals surface area contributed by atoms with Crippen LogP contribution in [0, 0.1) is 0 Å². The number of benzene rings is 1. The van der Waals surface area contributed by atoms with E-state index in [1.54, 1.807) is 6.20 Å². The molecular formula is C14H15N5O. The highest BCUT2D eigenvalue weighted by molar-refractivity contribution is 5.57. The molecule has 2 aromatic heterocycles. The molecule has 0 saturated heterocycles. The minimum absolute atomic E-state index is 0.483. The second-order valence-corrected chi connectivity index (χ2v) is 4.52. The highest BCUT2D eigenvalue weighted by atomic mass is 16.5. The van der Waals surface area contributed by atoms with Crippen molar-refractivity contribution in [3.63, 3.8) is 0 Å². The monoisotopic (exact) mass is 269 g/mol.